The average molecular weight is 409 g/mol. The highest BCUT2D eigenvalue weighted by Gasteiger charge is 2.31. The van der Waals surface area contributed by atoms with Crippen molar-refractivity contribution in [3.8, 4) is 11.4 Å². The molecule has 2 aliphatic heterocycles. The van der Waals surface area contributed by atoms with E-state index in [1.54, 1.807) is 12.3 Å². The second-order valence-corrected chi connectivity index (χ2v) is 7.68. The number of aromatic nitrogens is 3. The number of rotatable bonds is 5. The maximum Gasteiger partial charge on any atom is 0.244 e. The van der Waals surface area contributed by atoms with Crippen LogP contribution >= 0.6 is 0 Å². The lowest BCUT2D eigenvalue weighted by molar-refractivity contribution is 0.122. The van der Waals surface area contributed by atoms with Crippen molar-refractivity contribution in [2.24, 2.45) is 0 Å². The van der Waals surface area contributed by atoms with Crippen LogP contribution in [0.25, 0.3) is 11.4 Å². The normalized spacial score (nSPS) is 20.0. The molecule has 0 bridgehead atoms. The predicted octanol–water partition coefficient (Wildman–Crippen LogP) is 3.44. The van der Waals surface area contributed by atoms with E-state index in [-0.39, 0.29) is 11.9 Å². The lowest BCUT2D eigenvalue weighted by Crippen LogP contribution is -2.36. The smallest absolute Gasteiger partial charge is 0.244 e. The summed E-state index contributed by atoms with van der Waals surface area (Å²) in [6.07, 6.45) is 3.72. The van der Waals surface area contributed by atoms with E-state index in [1.165, 1.54) is 6.07 Å². The van der Waals surface area contributed by atoms with Gasteiger partial charge in [-0.25, -0.2) is 9.37 Å². The SMILES string of the molecule is Fc1ccccc1CN1CCC[C@H]1c1nc(-c2ccnc(N3CCOCC3)c2)no1. The Bertz CT molecular complexity index is 1000. The summed E-state index contributed by atoms with van der Waals surface area (Å²) >= 11 is 0. The first-order chi connectivity index (χ1) is 14.8. The fourth-order valence-electron chi connectivity index (χ4n) is 4.15. The molecule has 5 rings (SSSR count). The van der Waals surface area contributed by atoms with Crippen LogP contribution in [0.5, 0.6) is 0 Å². The van der Waals surface area contributed by atoms with Gasteiger partial charge in [0, 0.05) is 37.0 Å². The third-order valence-electron chi connectivity index (χ3n) is 5.76. The first kappa shape index (κ1) is 19.1. The standard InChI is InChI=1S/C22H24FN5O2/c23-18-5-2-1-4-17(18)15-28-9-3-6-19(28)22-25-21(26-30-22)16-7-8-24-20(14-16)27-10-12-29-13-11-27/h1-2,4-5,7-8,14,19H,3,6,9-13,15H2/t19-/m0/s1. The first-order valence-electron chi connectivity index (χ1n) is 10.4. The fourth-order valence-corrected chi connectivity index (χ4v) is 4.15. The van der Waals surface area contributed by atoms with Gasteiger partial charge in [-0.1, -0.05) is 23.4 Å². The lowest BCUT2D eigenvalue weighted by atomic mass is 10.1. The Morgan fingerprint density at radius 1 is 1.10 bits per heavy atom. The van der Waals surface area contributed by atoms with Crippen molar-refractivity contribution >= 4 is 5.82 Å². The monoisotopic (exact) mass is 409 g/mol. The minimum atomic E-state index is -0.179. The summed E-state index contributed by atoms with van der Waals surface area (Å²) in [5.41, 5.74) is 1.56. The first-order valence-corrected chi connectivity index (χ1v) is 10.4. The number of pyridine rings is 1. The molecule has 0 spiro atoms. The van der Waals surface area contributed by atoms with Gasteiger partial charge in [0.05, 0.1) is 19.3 Å². The third kappa shape index (κ3) is 3.93. The number of benzene rings is 1. The van der Waals surface area contributed by atoms with Gasteiger partial charge < -0.3 is 14.2 Å². The number of anilines is 1. The molecule has 2 fully saturated rings. The Morgan fingerprint density at radius 2 is 1.97 bits per heavy atom. The van der Waals surface area contributed by atoms with Crippen LogP contribution in [0.2, 0.25) is 0 Å². The van der Waals surface area contributed by atoms with Crippen LogP contribution in [0.4, 0.5) is 10.2 Å². The van der Waals surface area contributed by atoms with E-state index in [2.05, 4.69) is 24.9 Å². The molecule has 2 aliphatic rings. The number of halogens is 1. The van der Waals surface area contributed by atoms with Crippen LogP contribution < -0.4 is 4.90 Å². The van der Waals surface area contributed by atoms with Gasteiger partial charge in [0.25, 0.3) is 0 Å². The second kappa shape index (κ2) is 8.49. The van der Waals surface area contributed by atoms with Gasteiger partial charge >= 0.3 is 0 Å². The molecule has 0 saturated carbocycles. The van der Waals surface area contributed by atoms with Gasteiger partial charge in [-0.2, -0.15) is 4.98 Å². The molecule has 0 amide bonds. The van der Waals surface area contributed by atoms with Crippen molar-refractivity contribution in [3.05, 3.63) is 59.9 Å². The minimum Gasteiger partial charge on any atom is -0.378 e. The summed E-state index contributed by atoms with van der Waals surface area (Å²) in [5, 5.41) is 4.22. The van der Waals surface area contributed by atoms with Gasteiger partial charge in [0.1, 0.15) is 11.6 Å². The number of ether oxygens (including phenoxy) is 1. The summed E-state index contributed by atoms with van der Waals surface area (Å²) in [5.74, 6) is 1.86. The Kier molecular flexibility index (Phi) is 5.42. The highest BCUT2D eigenvalue weighted by Crippen LogP contribution is 2.33. The largest absolute Gasteiger partial charge is 0.378 e. The molecule has 1 atom stereocenters. The summed E-state index contributed by atoms with van der Waals surface area (Å²) < 4.78 is 25.1. The number of hydrogen-bond donors (Lipinski definition) is 0. The number of morpholine rings is 1. The van der Waals surface area contributed by atoms with Crippen molar-refractivity contribution in [2.45, 2.75) is 25.4 Å². The molecular weight excluding hydrogens is 385 g/mol. The lowest BCUT2D eigenvalue weighted by Gasteiger charge is -2.27. The van der Waals surface area contributed by atoms with Crippen LogP contribution in [0.15, 0.2) is 47.1 Å². The van der Waals surface area contributed by atoms with Crippen molar-refractivity contribution < 1.29 is 13.7 Å². The number of hydrogen-bond acceptors (Lipinski definition) is 7. The van der Waals surface area contributed by atoms with Gasteiger partial charge in [0.2, 0.25) is 11.7 Å². The van der Waals surface area contributed by atoms with E-state index in [0.29, 0.717) is 37.0 Å². The van der Waals surface area contributed by atoms with E-state index in [9.17, 15) is 4.39 Å². The molecule has 7 nitrogen and oxygen atoms in total. The molecule has 0 aliphatic carbocycles. The van der Waals surface area contributed by atoms with Gasteiger partial charge in [-0.05, 0) is 37.6 Å². The molecule has 0 unspecified atom stereocenters. The molecule has 8 heteroatoms. The summed E-state index contributed by atoms with van der Waals surface area (Å²) in [6, 6.07) is 10.8. The zero-order chi connectivity index (χ0) is 20.3. The zero-order valence-electron chi connectivity index (χ0n) is 16.7. The molecular formula is C22H24FN5O2. The van der Waals surface area contributed by atoms with Crippen molar-refractivity contribution in [2.75, 3.05) is 37.7 Å². The third-order valence-corrected chi connectivity index (χ3v) is 5.76. The quantitative estimate of drug-likeness (QED) is 0.639. The van der Waals surface area contributed by atoms with Gasteiger partial charge in [0.15, 0.2) is 0 Å². The highest BCUT2D eigenvalue weighted by molar-refractivity contribution is 5.59. The molecule has 4 heterocycles. The van der Waals surface area contributed by atoms with E-state index in [1.807, 2.05) is 24.3 Å². The number of likely N-dealkylation sites (tertiary alicyclic amines) is 1. The zero-order valence-corrected chi connectivity index (χ0v) is 16.7. The average Bonchev–Trinajstić information content (AvgIpc) is 3.46. The Morgan fingerprint density at radius 3 is 2.83 bits per heavy atom. The van der Waals surface area contributed by atoms with E-state index >= 15 is 0 Å². The topological polar surface area (TPSA) is 67.5 Å². The molecule has 2 saturated heterocycles. The maximum atomic E-state index is 14.1. The van der Waals surface area contributed by atoms with Crippen molar-refractivity contribution in [3.63, 3.8) is 0 Å². The van der Waals surface area contributed by atoms with Crippen LogP contribution in [-0.4, -0.2) is 52.9 Å². The molecule has 156 valence electrons. The fraction of sp³-hybridized carbons (Fsp3) is 0.409. The van der Waals surface area contributed by atoms with Gasteiger partial charge in [-0.15, -0.1) is 0 Å². The van der Waals surface area contributed by atoms with Crippen LogP contribution in [0, 0.1) is 5.82 Å². The molecule has 30 heavy (non-hydrogen) atoms. The summed E-state index contributed by atoms with van der Waals surface area (Å²) in [7, 11) is 0. The van der Waals surface area contributed by atoms with E-state index in [4.69, 9.17) is 9.26 Å². The van der Waals surface area contributed by atoms with Crippen molar-refractivity contribution in [1.82, 2.24) is 20.0 Å². The Balaban J connectivity index is 1.34. The number of nitrogens with zero attached hydrogens (tertiary/aromatic N) is 5. The molecule has 0 N–H and O–H groups in total. The summed E-state index contributed by atoms with van der Waals surface area (Å²) in [6.45, 7) is 4.47. The summed E-state index contributed by atoms with van der Waals surface area (Å²) in [4.78, 5) is 13.6. The van der Waals surface area contributed by atoms with Crippen molar-refractivity contribution in [1.29, 1.82) is 0 Å². The highest BCUT2D eigenvalue weighted by atomic mass is 19.1. The Hall–Kier alpha value is -2.84. The van der Waals surface area contributed by atoms with Crippen LogP contribution in [-0.2, 0) is 11.3 Å². The van der Waals surface area contributed by atoms with Crippen LogP contribution in [0.1, 0.15) is 30.3 Å². The molecule has 0 radical (unpaired) electrons. The molecule has 1 aromatic carbocycles. The predicted molar refractivity (Wildman–Crippen MR) is 109 cm³/mol. The molecule has 2 aromatic heterocycles. The second-order valence-electron chi connectivity index (χ2n) is 7.68. The minimum absolute atomic E-state index is 0.00593. The Labute approximate surface area is 174 Å². The van der Waals surface area contributed by atoms with E-state index < -0.39 is 0 Å². The van der Waals surface area contributed by atoms with E-state index in [0.717, 1.165) is 43.9 Å². The van der Waals surface area contributed by atoms with Gasteiger partial charge in [-0.3, -0.25) is 4.90 Å². The molecule has 3 aromatic rings. The maximum absolute atomic E-state index is 14.1. The van der Waals surface area contributed by atoms with Crippen LogP contribution in [0.3, 0.4) is 0 Å².